The first kappa shape index (κ1) is 38.6. The minimum absolute atomic E-state index is 0.307. The number of hydrogen-bond donors (Lipinski definition) is 3. The molecule has 0 aromatic heterocycles. The topological polar surface area (TPSA) is 112 Å². The maximum atomic E-state index is 10.3. The Morgan fingerprint density at radius 1 is 0.316 bits per heavy atom. The standard InChI is InChI=1S/C16H30O4.C16H32O2/c17-15(18)13-11-9-7-5-3-1-2-4-6-8-10-12-14-16(19)20;1-2-3-4-5-6-7-8-9-10-11-12-13-14-15-16(17)18/h1-14H2,(H,17,18)(H,19,20);2-15H2,1H3,(H,17,18). The van der Waals surface area contributed by atoms with E-state index in [1.807, 2.05) is 0 Å². The normalized spacial score (nSPS) is 10.7. The number of carbonyl (C=O) groups is 3. The Bertz CT molecular complexity index is 494. The zero-order valence-corrected chi connectivity index (χ0v) is 24.9. The van der Waals surface area contributed by atoms with E-state index in [0.29, 0.717) is 19.3 Å². The number of carboxylic acid groups (broad SMARTS) is 3. The van der Waals surface area contributed by atoms with Crippen molar-refractivity contribution in [2.24, 2.45) is 0 Å². The molecule has 0 heterocycles. The summed E-state index contributed by atoms with van der Waals surface area (Å²) in [5.41, 5.74) is 0. The van der Waals surface area contributed by atoms with Crippen LogP contribution in [0, 0.1) is 0 Å². The maximum Gasteiger partial charge on any atom is 0.303 e. The lowest BCUT2D eigenvalue weighted by atomic mass is 10.0. The Hall–Kier alpha value is -1.59. The van der Waals surface area contributed by atoms with Gasteiger partial charge in [-0.25, -0.2) is 0 Å². The number of carboxylic acids is 3. The van der Waals surface area contributed by atoms with Gasteiger partial charge in [0, 0.05) is 19.3 Å². The summed E-state index contributed by atoms with van der Waals surface area (Å²) in [5.74, 6) is -2.03. The smallest absolute Gasteiger partial charge is 0.303 e. The molecule has 0 amide bonds. The molecule has 0 fully saturated rings. The van der Waals surface area contributed by atoms with E-state index in [-0.39, 0.29) is 0 Å². The predicted molar refractivity (Wildman–Crippen MR) is 158 cm³/mol. The highest BCUT2D eigenvalue weighted by Gasteiger charge is 1.99. The van der Waals surface area contributed by atoms with Gasteiger partial charge in [0.25, 0.3) is 0 Å². The van der Waals surface area contributed by atoms with Crippen LogP contribution >= 0.6 is 0 Å². The van der Waals surface area contributed by atoms with Gasteiger partial charge in [-0.15, -0.1) is 0 Å². The van der Waals surface area contributed by atoms with Crippen molar-refractivity contribution < 1.29 is 29.7 Å². The molecular formula is C32H62O6. The van der Waals surface area contributed by atoms with Crippen molar-refractivity contribution in [2.45, 2.75) is 187 Å². The van der Waals surface area contributed by atoms with Crippen molar-refractivity contribution in [1.29, 1.82) is 0 Å². The van der Waals surface area contributed by atoms with Crippen LogP contribution in [0.3, 0.4) is 0 Å². The van der Waals surface area contributed by atoms with Gasteiger partial charge >= 0.3 is 17.9 Å². The van der Waals surface area contributed by atoms with Crippen LogP contribution in [0.5, 0.6) is 0 Å². The first-order valence-electron chi connectivity index (χ1n) is 16.1. The molecule has 0 radical (unpaired) electrons. The molecule has 0 bridgehead atoms. The van der Waals surface area contributed by atoms with Crippen LogP contribution in [0.2, 0.25) is 0 Å². The average molecular weight is 543 g/mol. The monoisotopic (exact) mass is 542 g/mol. The molecule has 0 aromatic rings. The van der Waals surface area contributed by atoms with Gasteiger partial charge in [-0.1, -0.05) is 148 Å². The highest BCUT2D eigenvalue weighted by atomic mass is 16.4. The molecule has 0 aliphatic rings. The number of rotatable bonds is 29. The van der Waals surface area contributed by atoms with Crippen molar-refractivity contribution in [2.75, 3.05) is 0 Å². The number of hydrogen-bond acceptors (Lipinski definition) is 3. The molecule has 0 atom stereocenters. The predicted octanol–water partition coefficient (Wildman–Crippen LogP) is 10.2. The fourth-order valence-corrected chi connectivity index (χ4v) is 4.61. The average Bonchev–Trinajstić information content (AvgIpc) is 2.87. The van der Waals surface area contributed by atoms with Gasteiger partial charge in [-0.05, 0) is 19.3 Å². The van der Waals surface area contributed by atoms with E-state index in [1.165, 1.54) is 109 Å². The lowest BCUT2D eigenvalue weighted by molar-refractivity contribution is -0.138. The highest BCUT2D eigenvalue weighted by Crippen LogP contribution is 2.14. The Morgan fingerprint density at radius 2 is 0.474 bits per heavy atom. The summed E-state index contributed by atoms with van der Waals surface area (Å²) in [6, 6.07) is 0. The molecule has 38 heavy (non-hydrogen) atoms. The summed E-state index contributed by atoms with van der Waals surface area (Å²) in [6.45, 7) is 2.26. The summed E-state index contributed by atoms with van der Waals surface area (Å²) in [6.07, 6.45) is 31.4. The van der Waals surface area contributed by atoms with Gasteiger partial charge in [0.15, 0.2) is 0 Å². The third-order valence-electron chi connectivity index (χ3n) is 7.03. The highest BCUT2D eigenvalue weighted by molar-refractivity contribution is 5.67. The quantitative estimate of drug-likeness (QED) is 0.0810. The first-order valence-corrected chi connectivity index (χ1v) is 16.1. The lowest BCUT2D eigenvalue weighted by Crippen LogP contribution is -1.93. The maximum absolute atomic E-state index is 10.3. The molecule has 6 heteroatoms. The third kappa shape index (κ3) is 41.5. The van der Waals surface area contributed by atoms with Crippen molar-refractivity contribution in [3.05, 3.63) is 0 Å². The van der Waals surface area contributed by atoms with Crippen LogP contribution in [0.25, 0.3) is 0 Å². The molecule has 3 N–H and O–H groups in total. The van der Waals surface area contributed by atoms with Gasteiger partial charge in [-0.3, -0.25) is 14.4 Å². The van der Waals surface area contributed by atoms with Crippen LogP contribution in [0.4, 0.5) is 0 Å². The summed E-state index contributed by atoms with van der Waals surface area (Å²) >= 11 is 0. The minimum atomic E-state index is -0.687. The zero-order chi connectivity index (χ0) is 28.5. The minimum Gasteiger partial charge on any atom is -0.481 e. The second-order valence-corrected chi connectivity index (χ2v) is 10.9. The Kier molecular flexibility index (Phi) is 33.9. The van der Waals surface area contributed by atoms with E-state index in [1.54, 1.807) is 0 Å². The van der Waals surface area contributed by atoms with E-state index >= 15 is 0 Å². The van der Waals surface area contributed by atoms with Crippen molar-refractivity contribution >= 4 is 17.9 Å². The SMILES string of the molecule is CCCCCCCCCCCCCCCC(=O)O.O=C(O)CCCCCCCCCCCCCCC(=O)O. The van der Waals surface area contributed by atoms with Crippen LogP contribution in [0.1, 0.15) is 187 Å². The Labute approximate surface area is 234 Å². The van der Waals surface area contributed by atoms with Gasteiger partial charge in [-0.2, -0.15) is 0 Å². The van der Waals surface area contributed by atoms with E-state index < -0.39 is 17.9 Å². The van der Waals surface area contributed by atoms with E-state index in [9.17, 15) is 14.4 Å². The Balaban J connectivity index is 0. The molecule has 0 rings (SSSR count). The molecular weight excluding hydrogens is 480 g/mol. The lowest BCUT2D eigenvalue weighted by Gasteiger charge is -2.02. The van der Waals surface area contributed by atoms with E-state index in [0.717, 1.165) is 51.4 Å². The van der Waals surface area contributed by atoms with Crippen LogP contribution in [-0.2, 0) is 14.4 Å². The van der Waals surface area contributed by atoms with Crippen LogP contribution < -0.4 is 0 Å². The van der Waals surface area contributed by atoms with Crippen LogP contribution in [-0.4, -0.2) is 33.2 Å². The molecule has 0 unspecified atom stereocenters. The fourth-order valence-electron chi connectivity index (χ4n) is 4.61. The molecule has 0 aromatic carbocycles. The van der Waals surface area contributed by atoms with Crippen molar-refractivity contribution in [1.82, 2.24) is 0 Å². The second kappa shape index (κ2) is 33.4. The van der Waals surface area contributed by atoms with Gasteiger partial charge in [0.05, 0.1) is 0 Å². The summed E-state index contributed by atoms with van der Waals surface area (Å²) < 4.78 is 0. The molecule has 226 valence electrons. The molecule has 0 spiro atoms. The summed E-state index contributed by atoms with van der Waals surface area (Å²) in [4.78, 5) is 30.9. The summed E-state index contributed by atoms with van der Waals surface area (Å²) in [7, 11) is 0. The fraction of sp³-hybridized carbons (Fsp3) is 0.906. The summed E-state index contributed by atoms with van der Waals surface area (Å²) in [5, 5.41) is 25.5. The van der Waals surface area contributed by atoms with Gasteiger partial charge in [0.2, 0.25) is 0 Å². The van der Waals surface area contributed by atoms with Crippen molar-refractivity contribution in [3.8, 4) is 0 Å². The number of unbranched alkanes of at least 4 members (excludes halogenated alkanes) is 23. The molecule has 0 saturated heterocycles. The molecule has 6 nitrogen and oxygen atoms in total. The zero-order valence-electron chi connectivity index (χ0n) is 24.9. The molecule has 0 aliphatic carbocycles. The van der Waals surface area contributed by atoms with E-state index in [2.05, 4.69) is 6.92 Å². The number of aliphatic carboxylic acids is 3. The van der Waals surface area contributed by atoms with Gasteiger partial charge < -0.3 is 15.3 Å². The Morgan fingerprint density at radius 3 is 0.632 bits per heavy atom. The van der Waals surface area contributed by atoms with Crippen LogP contribution in [0.15, 0.2) is 0 Å². The molecule has 0 saturated carbocycles. The largest absolute Gasteiger partial charge is 0.481 e. The second-order valence-electron chi connectivity index (χ2n) is 10.9. The molecule has 0 aliphatic heterocycles. The third-order valence-corrected chi connectivity index (χ3v) is 7.03. The van der Waals surface area contributed by atoms with Crippen molar-refractivity contribution in [3.63, 3.8) is 0 Å². The van der Waals surface area contributed by atoms with Gasteiger partial charge in [0.1, 0.15) is 0 Å². The van der Waals surface area contributed by atoms with E-state index in [4.69, 9.17) is 15.3 Å². The first-order chi connectivity index (χ1) is 18.4.